The summed E-state index contributed by atoms with van der Waals surface area (Å²) in [7, 11) is -3.58. The molecule has 1 aromatic carbocycles. The predicted molar refractivity (Wildman–Crippen MR) is 77.5 cm³/mol. The first-order valence-corrected chi connectivity index (χ1v) is 8.12. The highest BCUT2D eigenvalue weighted by Crippen LogP contribution is 2.18. The molecule has 0 saturated carbocycles. The van der Waals surface area contributed by atoms with Crippen molar-refractivity contribution in [3.05, 3.63) is 18.2 Å². The summed E-state index contributed by atoms with van der Waals surface area (Å²) in [5.74, 6) is -0.171. The second-order valence-corrected chi connectivity index (χ2v) is 6.88. The van der Waals surface area contributed by atoms with Crippen molar-refractivity contribution < 1.29 is 13.2 Å². The topological polar surface area (TPSA) is 121 Å². The van der Waals surface area contributed by atoms with E-state index >= 15 is 0 Å². The molecular weight excluding hydrogens is 294 g/mol. The van der Waals surface area contributed by atoms with Crippen molar-refractivity contribution in [2.75, 3.05) is 31.1 Å². The number of imidazole rings is 1. The molecular formula is C12H15N5O3S. The van der Waals surface area contributed by atoms with E-state index in [1.165, 1.54) is 4.90 Å². The number of aromatic nitrogens is 2. The van der Waals surface area contributed by atoms with Gasteiger partial charge in [0, 0.05) is 25.3 Å². The van der Waals surface area contributed by atoms with Gasteiger partial charge in [0.05, 0.1) is 16.8 Å². The van der Waals surface area contributed by atoms with Crippen LogP contribution in [0.15, 0.2) is 23.4 Å². The van der Waals surface area contributed by atoms with Gasteiger partial charge in [0.15, 0.2) is 0 Å². The molecule has 3 rings (SSSR count). The minimum atomic E-state index is -3.58. The highest BCUT2D eigenvalue weighted by atomic mass is 32.2. The molecule has 2 aromatic rings. The molecule has 4 N–H and O–H groups in total. The van der Waals surface area contributed by atoms with Gasteiger partial charge in [-0.1, -0.05) is 0 Å². The zero-order valence-electron chi connectivity index (χ0n) is 11.2. The van der Waals surface area contributed by atoms with Crippen LogP contribution in [0.5, 0.6) is 0 Å². The number of nitrogen functional groups attached to an aromatic ring is 1. The standard InChI is InChI=1S/C12H15N5O3S/c13-8-1-2-9-10(7-8)16-11(15-9)21(19,20)6-5-17-4-3-14-12(17)18/h1-2,7H,3-6,13H2,(H,14,18)(H,15,16). The Morgan fingerprint density at radius 2 is 2.19 bits per heavy atom. The third-order valence-corrected chi connectivity index (χ3v) is 4.86. The minimum absolute atomic E-state index is 0.0947. The van der Waals surface area contributed by atoms with Gasteiger partial charge in [-0.3, -0.25) is 0 Å². The van der Waals surface area contributed by atoms with Crippen LogP contribution in [0.1, 0.15) is 0 Å². The Morgan fingerprint density at radius 3 is 2.90 bits per heavy atom. The summed E-state index contributed by atoms with van der Waals surface area (Å²) in [6, 6.07) is 4.72. The monoisotopic (exact) mass is 309 g/mol. The molecule has 0 radical (unpaired) electrons. The maximum atomic E-state index is 12.3. The molecule has 1 aliphatic heterocycles. The van der Waals surface area contributed by atoms with E-state index in [9.17, 15) is 13.2 Å². The zero-order chi connectivity index (χ0) is 15.0. The van der Waals surface area contributed by atoms with E-state index in [1.807, 2.05) is 0 Å². The van der Waals surface area contributed by atoms with Crippen molar-refractivity contribution in [3.8, 4) is 0 Å². The number of carbonyl (C=O) groups is 1. The smallest absolute Gasteiger partial charge is 0.317 e. The number of hydrogen-bond acceptors (Lipinski definition) is 5. The van der Waals surface area contributed by atoms with E-state index in [0.717, 1.165) is 0 Å². The number of benzene rings is 1. The quantitative estimate of drug-likeness (QED) is 0.683. The molecule has 1 saturated heterocycles. The lowest BCUT2D eigenvalue weighted by Gasteiger charge is -2.12. The van der Waals surface area contributed by atoms with Crippen molar-refractivity contribution in [1.82, 2.24) is 20.2 Å². The van der Waals surface area contributed by atoms with Crippen molar-refractivity contribution in [1.29, 1.82) is 0 Å². The molecule has 2 amide bonds. The van der Waals surface area contributed by atoms with Gasteiger partial charge in [-0.2, -0.15) is 0 Å². The van der Waals surface area contributed by atoms with Crippen molar-refractivity contribution >= 4 is 32.6 Å². The first kappa shape index (κ1) is 13.7. The number of urea groups is 1. The SMILES string of the molecule is Nc1ccc2nc(S(=O)(=O)CCN3CCNC3=O)[nH]c2c1. The number of sulfone groups is 1. The number of H-pyrrole nitrogens is 1. The predicted octanol–water partition coefficient (Wildman–Crippen LogP) is -0.0560. The Balaban J connectivity index is 1.81. The molecule has 0 bridgehead atoms. The molecule has 2 heterocycles. The van der Waals surface area contributed by atoms with Crippen LogP contribution < -0.4 is 11.1 Å². The fourth-order valence-electron chi connectivity index (χ4n) is 2.20. The summed E-state index contributed by atoms with van der Waals surface area (Å²) in [6.45, 7) is 1.21. The van der Waals surface area contributed by atoms with Crippen molar-refractivity contribution in [2.24, 2.45) is 0 Å². The fourth-order valence-corrected chi connectivity index (χ4v) is 3.36. The number of nitrogens with zero attached hydrogens (tertiary/aromatic N) is 2. The molecule has 1 aliphatic rings. The largest absolute Gasteiger partial charge is 0.399 e. The first-order valence-electron chi connectivity index (χ1n) is 6.46. The van der Waals surface area contributed by atoms with E-state index < -0.39 is 9.84 Å². The van der Waals surface area contributed by atoms with Gasteiger partial charge in [-0.25, -0.2) is 18.2 Å². The number of nitrogens with two attached hydrogens (primary N) is 1. The molecule has 0 atom stereocenters. The van der Waals surface area contributed by atoms with E-state index in [4.69, 9.17) is 5.73 Å². The van der Waals surface area contributed by atoms with Crippen molar-refractivity contribution in [2.45, 2.75) is 5.16 Å². The van der Waals surface area contributed by atoms with Gasteiger partial charge >= 0.3 is 6.03 Å². The van der Waals surface area contributed by atoms with E-state index in [-0.39, 0.29) is 23.5 Å². The van der Waals surface area contributed by atoms with Crippen LogP contribution in [0.25, 0.3) is 11.0 Å². The second-order valence-electron chi connectivity index (χ2n) is 4.86. The molecule has 21 heavy (non-hydrogen) atoms. The Kier molecular flexibility index (Phi) is 3.20. The van der Waals surface area contributed by atoms with Gasteiger partial charge in [-0.15, -0.1) is 0 Å². The number of rotatable bonds is 4. The van der Waals surface area contributed by atoms with Crippen LogP contribution in [0.2, 0.25) is 0 Å². The summed E-state index contributed by atoms with van der Waals surface area (Å²) in [4.78, 5) is 19.7. The lowest BCUT2D eigenvalue weighted by Crippen LogP contribution is -2.32. The van der Waals surface area contributed by atoms with Crippen LogP contribution in [0, 0.1) is 0 Å². The summed E-state index contributed by atoms with van der Waals surface area (Å²) >= 11 is 0. The van der Waals surface area contributed by atoms with Gasteiger partial charge in [0.25, 0.3) is 0 Å². The third-order valence-electron chi connectivity index (χ3n) is 3.35. The number of carbonyl (C=O) groups excluding carboxylic acids is 1. The van der Waals surface area contributed by atoms with Crippen LogP contribution in [0.4, 0.5) is 10.5 Å². The van der Waals surface area contributed by atoms with Gasteiger partial charge in [0.1, 0.15) is 0 Å². The Bertz CT molecular complexity index is 798. The van der Waals surface area contributed by atoms with E-state index in [2.05, 4.69) is 15.3 Å². The average Bonchev–Trinajstić information content (AvgIpc) is 3.02. The number of anilines is 1. The van der Waals surface area contributed by atoms with Gasteiger partial charge < -0.3 is 20.9 Å². The lowest BCUT2D eigenvalue weighted by atomic mass is 10.3. The number of hydrogen-bond donors (Lipinski definition) is 3. The van der Waals surface area contributed by atoms with Crippen molar-refractivity contribution in [3.63, 3.8) is 0 Å². The normalized spacial score (nSPS) is 15.6. The molecule has 8 nitrogen and oxygen atoms in total. The van der Waals surface area contributed by atoms with E-state index in [1.54, 1.807) is 18.2 Å². The zero-order valence-corrected chi connectivity index (χ0v) is 12.0. The highest BCUT2D eigenvalue weighted by molar-refractivity contribution is 7.91. The first-order chi connectivity index (χ1) is 9.95. The minimum Gasteiger partial charge on any atom is -0.399 e. The molecule has 1 fully saturated rings. The summed E-state index contributed by atoms with van der Waals surface area (Å²) in [5, 5.41) is 2.53. The Labute approximate surface area is 121 Å². The number of fused-ring (bicyclic) bond motifs is 1. The summed E-state index contributed by atoms with van der Waals surface area (Å²) in [5.41, 5.74) is 7.30. The highest BCUT2D eigenvalue weighted by Gasteiger charge is 2.24. The number of aromatic amines is 1. The molecule has 0 spiro atoms. The van der Waals surface area contributed by atoms with Crippen LogP contribution in [0.3, 0.4) is 0 Å². The third kappa shape index (κ3) is 2.64. The summed E-state index contributed by atoms with van der Waals surface area (Å²) in [6.07, 6.45) is 0. The number of amides is 2. The molecule has 1 aromatic heterocycles. The Morgan fingerprint density at radius 1 is 1.38 bits per heavy atom. The second kappa shape index (κ2) is 4.92. The fraction of sp³-hybridized carbons (Fsp3) is 0.333. The molecule has 9 heteroatoms. The van der Waals surface area contributed by atoms with Crippen LogP contribution in [-0.4, -0.2) is 54.7 Å². The molecule has 0 unspecified atom stereocenters. The number of nitrogens with one attached hydrogen (secondary N) is 2. The van der Waals surface area contributed by atoms with Gasteiger partial charge in [0.2, 0.25) is 15.0 Å². The maximum absolute atomic E-state index is 12.3. The molecule has 0 aliphatic carbocycles. The Hall–Kier alpha value is -2.29. The molecule has 112 valence electrons. The maximum Gasteiger partial charge on any atom is 0.317 e. The van der Waals surface area contributed by atoms with Gasteiger partial charge in [-0.05, 0) is 18.2 Å². The van der Waals surface area contributed by atoms with Crippen LogP contribution in [-0.2, 0) is 9.84 Å². The average molecular weight is 309 g/mol. The van der Waals surface area contributed by atoms with Crippen LogP contribution >= 0.6 is 0 Å². The lowest BCUT2D eigenvalue weighted by molar-refractivity contribution is 0.220. The summed E-state index contributed by atoms with van der Waals surface area (Å²) < 4.78 is 24.5. The van der Waals surface area contributed by atoms with E-state index in [0.29, 0.717) is 29.8 Å².